The van der Waals surface area contributed by atoms with Gasteiger partial charge < -0.3 is 10.4 Å². The standard InChI is InChI=1S/C15H20F3NO/c1-14(20,8-4-9-15(16,17)18)13-12-6-3-2-5-11(12)7-10-19-13/h2-3,5-6,13,19-20H,4,7-10H2,1H3. The molecule has 0 aromatic heterocycles. The second-order valence-corrected chi connectivity index (χ2v) is 5.66. The van der Waals surface area contributed by atoms with E-state index in [1.807, 2.05) is 24.3 Å². The first-order chi connectivity index (χ1) is 9.30. The first-order valence-electron chi connectivity index (χ1n) is 6.90. The second kappa shape index (κ2) is 5.74. The summed E-state index contributed by atoms with van der Waals surface area (Å²) >= 11 is 0. The highest BCUT2D eigenvalue weighted by Gasteiger charge is 2.36. The molecule has 0 saturated carbocycles. The number of hydrogen-bond acceptors (Lipinski definition) is 2. The Kier molecular flexibility index (Phi) is 4.39. The molecule has 2 rings (SSSR count). The maximum Gasteiger partial charge on any atom is 0.389 e. The summed E-state index contributed by atoms with van der Waals surface area (Å²) in [6.07, 6.45) is -4.06. The van der Waals surface area contributed by atoms with E-state index in [0.717, 1.165) is 24.1 Å². The van der Waals surface area contributed by atoms with Gasteiger partial charge in [-0.2, -0.15) is 13.2 Å². The SMILES string of the molecule is CC(O)(CCCC(F)(F)F)C1NCCc2ccccc21. The topological polar surface area (TPSA) is 32.3 Å². The maximum absolute atomic E-state index is 12.2. The first kappa shape index (κ1) is 15.3. The first-order valence-corrected chi connectivity index (χ1v) is 6.90. The van der Waals surface area contributed by atoms with Crippen LogP contribution in [-0.2, 0) is 6.42 Å². The predicted octanol–water partition coefficient (Wildman–Crippen LogP) is 3.36. The van der Waals surface area contributed by atoms with Crippen LogP contribution in [0.4, 0.5) is 13.2 Å². The number of aliphatic hydroxyl groups is 1. The highest BCUT2D eigenvalue weighted by Crippen LogP contribution is 2.35. The van der Waals surface area contributed by atoms with Gasteiger partial charge in [0, 0.05) is 6.42 Å². The third kappa shape index (κ3) is 3.73. The average Bonchev–Trinajstić information content (AvgIpc) is 2.36. The van der Waals surface area contributed by atoms with Gasteiger partial charge >= 0.3 is 6.18 Å². The minimum atomic E-state index is -4.16. The number of benzene rings is 1. The fourth-order valence-electron chi connectivity index (χ4n) is 2.85. The van der Waals surface area contributed by atoms with E-state index in [1.165, 1.54) is 0 Å². The van der Waals surface area contributed by atoms with Gasteiger partial charge in [-0.15, -0.1) is 0 Å². The normalized spacial score (nSPS) is 22.1. The number of rotatable bonds is 4. The zero-order chi connectivity index (χ0) is 14.8. The number of fused-ring (bicyclic) bond motifs is 1. The van der Waals surface area contributed by atoms with E-state index in [4.69, 9.17) is 0 Å². The lowest BCUT2D eigenvalue weighted by atomic mass is 9.81. The van der Waals surface area contributed by atoms with Crippen LogP contribution in [0.5, 0.6) is 0 Å². The van der Waals surface area contributed by atoms with Crippen LogP contribution in [0.2, 0.25) is 0 Å². The minimum Gasteiger partial charge on any atom is -0.388 e. The molecule has 1 aromatic carbocycles. The van der Waals surface area contributed by atoms with Crippen molar-refractivity contribution in [1.29, 1.82) is 0 Å². The van der Waals surface area contributed by atoms with Crippen LogP contribution in [0.25, 0.3) is 0 Å². The van der Waals surface area contributed by atoms with Crippen molar-refractivity contribution in [2.75, 3.05) is 6.54 Å². The Labute approximate surface area is 117 Å². The van der Waals surface area contributed by atoms with Crippen LogP contribution in [0.15, 0.2) is 24.3 Å². The molecule has 1 aliphatic heterocycles. The lowest BCUT2D eigenvalue weighted by Crippen LogP contribution is -2.45. The summed E-state index contributed by atoms with van der Waals surface area (Å²) in [4.78, 5) is 0. The Balaban J connectivity index is 2.06. The molecule has 1 heterocycles. The summed E-state index contributed by atoms with van der Waals surface area (Å²) in [5.74, 6) is 0. The molecular weight excluding hydrogens is 267 g/mol. The van der Waals surface area contributed by atoms with Crippen LogP contribution < -0.4 is 5.32 Å². The largest absolute Gasteiger partial charge is 0.389 e. The van der Waals surface area contributed by atoms with Crippen LogP contribution in [0.3, 0.4) is 0 Å². The molecule has 0 radical (unpaired) electrons. The van der Waals surface area contributed by atoms with Gasteiger partial charge in [0.1, 0.15) is 0 Å². The second-order valence-electron chi connectivity index (χ2n) is 5.66. The molecule has 20 heavy (non-hydrogen) atoms. The van der Waals surface area contributed by atoms with Gasteiger partial charge in [-0.1, -0.05) is 24.3 Å². The third-order valence-corrected chi connectivity index (χ3v) is 3.87. The van der Waals surface area contributed by atoms with E-state index in [-0.39, 0.29) is 18.9 Å². The van der Waals surface area contributed by atoms with Crippen LogP contribution in [-0.4, -0.2) is 23.4 Å². The van der Waals surface area contributed by atoms with Crippen molar-refractivity contribution < 1.29 is 18.3 Å². The Hall–Kier alpha value is -1.07. The minimum absolute atomic E-state index is 0.0587. The number of nitrogens with one attached hydrogen (secondary N) is 1. The molecule has 5 heteroatoms. The van der Waals surface area contributed by atoms with Gasteiger partial charge in [0.25, 0.3) is 0 Å². The van der Waals surface area contributed by atoms with Crippen molar-refractivity contribution in [3.05, 3.63) is 35.4 Å². The Morgan fingerprint density at radius 3 is 2.65 bits per heavy atom. The zero-order valence-electron chi connectivity index (χ0n) is 11.5. The van der Waals surface area contributed by atoms with Gasteiger partial charge in [0.15, 0.2) is 0 Å². The summed E-state index contributed by atoms with van der Waals surface area (Å²) in [5, 5.41) is 13.8. The van der Waals surface area contributed by atoms with E-state index in [1.54, 1.807) is 6.92 Å². The molecular formula is C15H20F3NO. The zero-order valence-corrected chi connectivity index (χ0v) is 11.5. The quantitative estimate of drug-likeness (QED) is 0.890. The molecule has 0 amide bonds. The molecule has 2 nitrogen and oxygen atoms in total. The van der Waals surface area contributed by atoms with Crippen LogP contribution in [0, 0.1) is 0 Å². The Bertz CT molecular complexity index is 457. The molecule has 0 spiro atoms. The van der Waals surface area contributed by atoms with E-state index in [9.17, 15) is 18.3 Å². The molecule has 0 bridgehead atoms. The summed E-state index contributed by atoms with van der Waals surface area (Å²) in [6, 6.07) is 7.48. The van der Waals surface area contributed by atoms with Crippen molar-refractivity contribution in [2.24, 2.45) is 0 Å². The molecule has 1 aliphatic rings. The monoisotopic (exact) mass is 287 g/mol. The van der Waals surface area contributed by atoms with E-state index in [0.29, 0.717) is 0 Å². The van der Waals surface area contributed by atoms with Crippen LogP contribution in [0.1, 0.15) is 43.4 Å². The molecule has 112 valence electrons. The fourth-order valence-corrected chi connectivity index (χ4v) is 2.85. The highest BCUT2D eigenvalue weighted by molar-refractivity contribution is 5.34. The van der Waals surface area contributed by atoms with Gasteiger partial charge in [0.2, 0.25) is 0 Å². The number of halogens is 3. The van der Waals surface area contributed by atoms with Gasteiger partial charge in [-0.3, -0.25) is 0 Å². The van der Waals surface area contributed by atoms with E-state index in [2.05, 4.69) is 5.32 Å². The molecule has 0 fully saturated rings. The molecule has 0 aliphatic carbocycles. The summed E-state index contributed by atoms with van der Waals surface area (Å²) in [7, 11) is 0. The third-order valence-electron chi connectivity index (χ3n) is 3.87. The fraction of sp³-hybridized carbons (Fsp3) is 0.600. The van der Waals surface area contributed by atoms with Gasteiger partial charge in [-0.05, 0) is 43.9 Å². The summed E-state index contributed by atoms with van der Waals surface area (Å²) < 4.78 is 36.6. The van der Waals surface area contributed by atoms with Gasteiger partial charge in [-0.25, -0.2) is 0 Å². The van der Waals surface area contributed by atoms with Gasteiger partial charge in [0.05, 0.1) is 11.6 Å². The molecule has 0 saturated heterocycles. The number of alkyl halides is 3. The lowest BCUT2D eigenvalue weighted by Gasteiger charge is -2.38. The van der Waals surface area contributed by atoms with Crippen molar-refractivity contribution >= 4 is 0 Å². The molecule has 2 N–H and O–H groups in total. The van der Waals surface area contributed by atoms with E-state index < -0.39 is 18.2 Å². The molecule has 2 atom stereocenters. The van der Waals surface area contributed by atoms with Crippen LogP contribution >= 0.6 is 0 Å². The maximum atomic E-state index is 12.2. The van der Waals surface area contributed by atoms with Crippen molar-refractivity contribution in [3.63, 3.8) is 0 Å². The summed E-state index contributed by atoms with van der Waals surface area (Å²) in [5.41, 5.74) is 0.977. The average molecular weight is 287 g/mol. The van der Waals surface area contributed by atoms with E-state index >= 15 is 0 Å². The smallest absolute Gasteiger partial charge is 0.388 e. The number of hydrogen-bond donors (Lipinski definition) is 2. The van der Waals surface area contributed by atoms with Crippen molar-refractivity contribution in [2.45, 2.75) is 50.4 Å². The molecule has 2 unspecified atom stereocenters. The predicted molar refractivity (Wildman–Crippen MR) is 71.4 cm³/mol. The lowest BCUT2D eigenvalue weighted by molar-refractivity contribution is -0.138. The Morgan fingerprint density at radius 1 is 1.25 bits per heavy atom. The highest BCUT2D eigenvalue weighted by atomic mass is 19.4. The molecule has 1 aromatic rings. The van der Waals surface area contributed by atoms with Crippen molar-refractivity contribution in [3.8, 4) is 0 Å². The van der Waals surface area contributed by atoms with Crippen molar-refractivity contribution in [1.82, 2.24) is 5.32 Å². The summed E-state index contributed by atoms with van der Waals surface area (Å²) in [6.45, 7) is 2.35. The Morgan fingerprint density at radius 2 is 1.95 bits per heavy atom.